The van der Waals surface area contributed by atoms with E-state index >= 15 is 0 Å². The van der Waals surface area contributed by atoms with Crippen LogP contribution in [0.4, 0.5) is 0 Å². The van der Waals surface area contributed by atoms with Gasteiger partial charge in [-0.15, -0.1) is 10.1 Å². The third kappa shape index (κ3) is 9.88. The van der Waals surface area contributed by atoms with Crippen molar-refractivity contribution in [1.29, 1.82) is 0 Å². The molecule has 1 aromatic rings. The minimum atomic E-state index is -1.14. The number of hydrogen-bond donors (Lipinski definition) is 2. The summed E-state index contributed by atoms with van der Waals surface area (Å²) < 4.78 is 15.7. The predicted molar refractivity (Wildman–Crippen MR) is 105 cm³/mol. The summed E-state index contributed by atoms with van der Waals surface area (Å²) in [5.74, 6) is 0.0845. The monoisotopic (exact) mass is 412 g/mol. The lowest BCUT2D eigenvalue weighted by atomic mass is 10.1. The zero-order chi connectivity index (χ0) is 21.6. The van der Waals surface area contributed by atoms with Gasteiger partial charge >= 0.3 is 5.97 Å². The Morgan fingerprint density at radius 3 is 2.69 bits per heavy atom. The van der Waals surface area contributed by atoms with Gasteiger partial charge in [0.25, 0.3) is 5.09 Å². The average molecular weight is 412 g/mol. The van der Waals surface area contributed by atoms with Gasteiger partial charge in [-0.3, -0.25) is 0 Å². The van der Waals surface area contributed by atoms with Crippen molar-refractivity contribution in [3.05, 3.63) is 40.0 Å². The Hall–Kier alpha value is -2.69. The van der Waals surface area contributed by atoms with Gasteiger partial charge in [-0.2, -0.15) is 0 Å². The first-order valence-electron chi connectivity index (χ1n) is 9.27. The van der Waals surface area contributed by atoms with E-state index in [4.69, 9.17) is 19.9 Å². The standard InChI is InChI=1S/C19H28N2O8/c1-3-6-15(20)19(23)29-16-9-7-14(13-17(16)26-2)8-10-18(22)27-11-4-5-12-28-21(24)25/h7-10,13,15,18,22H,3-6,11-12,20H2,1-2H3/b10-8+. The zero-order valence-corrected chi connectivity index (χ0v) is 16.6. The summed E-state index contributed by atoms with van der Waals surface area (Å²) in [6.45, 7) is 2.14. The van der Waals surface area contributed by atoms with Gasteiger partial charge in [0.1, 0.15) is 6.04 Å². The van der Waals surface area contributed by atoms with Crippen molar-refractivity contribution in [2.75, 3.05) is 20.3 Å². The van der Waals surface area contributed by atoms with Crippen molar-refractivity contribution in [2.45, 2.75) is 44.9 Å². The van der Waals surface area contributed by atoms with E-state index in [1.165, 1.54) is 13.2 Å². The molecule has 1 aromatic carbocycles. The van der Waals surface area contributed by atoms with Crippen LogP contribution in [0.25, 0.3) is 6.08 Å². The number of rotatable bonds is 14. The van der Waals surface area contributed by atoms with Crippen molar-refractivity contribution >= 4 is 12.0 Å². The smallest absolute Gasteiger partial charge is 0.328 e. The van der Waals surface area contributed by atoms with Crippen LogP contribution in [0.5, 0.6) is 11.5 Å². The zero-order valence-electron chi connectivity index (χ0n) is 16.6. The number of nitrogens with zero attached hydrogens (tertiary/aromatic N) is 1. The fourth-order valence-corrected chi connectivity index (χ4v) is 2.28. The molecule has 0 aliphatic carbocycles. The van der Waals surface area contributed by atoms with E-state index in [0.717, 1.165) is 6.42 Å². The number of ether oxygens (including phenoxy) is 3. The maximum absolute atomic E-state index is 12.0. The maximum Gasteiger partial charge on any atom is 0.328 e. The molecule has 2 unspecified atom stereocenters. The Morgan fingerprint density at radius 2 is 2.03 bits per heavy atom. The maximum atomic E-state index is 12.0. The summed E-state index contributed by atoms with van der Waals surface area (Å²) in [5, 5.41) is 19.0. The first kappa shape index (κ1) is 24.3. The molecule has 0 fully saturated rings. The van der Waals surface area contributed by atoms with Gasteiger partial charge in [0.05, 0.1) is 20.3 Å². The summed E-state index contributed by atoms with van der Waals surface area (Å²) >= 11 is 0. The van der Waals surface area contributed by atoms with Crippen LogP contribution in [-0.2, 0) is 14.4 Å². The summed E-state index contributed by atoms with van der Waals surface area (Å²) in [6, 6.07) is 4.22. The van der Waals surface area contributed by atoms with Crippen LogP contribution >= 0.6 is 0 Å². The van der Waals surface area contributed by atoms with E-state index in [0.29, 0.717) is 30.6 Å². The van der Waals surface area contributed by atoms with Gasteiger partial charge in [0.15, 0.2) is 17.8 Å². The topological polar surface area (TPSA) is 143 Å². The number of esters is 1. The number of methoxy groups -OCH3 is 1. The molecular weight excluding hydrogens is 384 g/mol. The molecule has 10 heteroatoms. The average Bonchev–Trinajstić information content (AvgIpc) is 2.69. The largest absolute Gasteiger partial charge is 0.493 e. The van der Waals surface area contributed by atoms with Crippen molar-refractivity contribution in [1.82, 2.24) is 0 Å². The van der Waals surface area contributed by atoms with Gasteiger partial charge in [0, 0.05) is 0 Å². The van der Waals surface area contributed by atoms with E-state index in [1.807, 2.05) is 6.92 Å². The first-order valence-corrected chi connectivity index (χ1v) is 9.27. The van der Waals surface area contributed by atoms with Crippen LogP contribution in [0.3, 0.4) is 0 Å². The molecule has 2 atom stereocenters. The van der Waals surface area contributed by atoms with Crippen LogP contribution in [0.1, 0.15) is 38.2 Å². The number of nitrogens with two attached hydrogens (primary N) is 1. The number of benzene rings is 1. The molecule has 0 saturated carbocycles. The highest BCUT2D eigenvalue weighted by atomic mass is 16.9. The summed E-state index contributed by atoms with van der Waals surface area (Å²) in [6.07, 6.45) is 4.17. The van der Waals surface area contributed by atoms with Gasteiger partial charge in [-0.1, -0.05) is 25.5 Å². The molecule has 0 radical (unpaired) electrons. The fraction of sp³-hybridized carbons (Fsp3) is 0.526. The molecule has 1 rings (SSSR count). The number of aliphatic hydroxyl groups is 1. The van der Waals surface area contributed by atoms with E-state index in [2.05, 4.69) is 4.84 Å². The van der Waals surface area contributed by atoms with Crippen LogP contribution < -0.4 is 15.2 Å². The van der Waals surface area contributed by atoms with E-state index in [9.17, 15) is 20.0 Å². The molecule has 162 valence electrons. The van der Waals surface area contributed by atoms with Gasteiger partial charge < -0.3 is 29.9 Å². The molecule has 10 nitrogen and oxygen atoms in total. The lowest BCUT2D eigenvalue weighted by molar-refractivity contribution is -0.757. The van der Waals surface area contributed by atoms with Crippen LogP contribution in [0.15, 0.2) is 24.3 Å². The Labute approximate surface area is 169 Å². The number of aliphatic hydroxyl groups excluding tert-OH is 1. The number of unbranched alkanes of at least 4 members (excludes halogenated alkanes) is 1. The molecule has 0 amide bonds. The molecule has 0 spiro atoms. The van der Waals surface area contributed by atoms with Gasteiger partial charge in [-0.05, 0) is 43.0 Å². The van der Waals surface area contributed by atoms with E-state index < -0.39 is 23.4 Å². The number of carbonyl (C=O) groups is 1. The van der Waals surface area contributed by atoms with Crippen LogP contribution in [0.2, 0.25) is 0 Å². The molecule has 0 bridgehead atoms. The normalized spacial score (nSPS) is 13.1. The van der Waals surface area contributed by atoms with E-state index in [1.54, 1.807) is 24.3 Å². The molecule has 0 aliphatic rings. The molecule has 0 heterocycles. The lowest BCUT2D eigenvalue weighted by Crippen LogP contribution is -2.34. The van der Waals surface area contributed by atoms with Crippen molar-refractivity contribution in [3.63, 3.8) is 0 Å². The molecule has 29 heavy (non-hydrogen) atoms. The summed E-state index contributed by atoms with van der Waals surface area (Å²) in [4.78, 5) is 26.1. The number of carbonyl (C=O) groups excluding carboxylic acids is 1. The van der Waals surface area contributed by atoms with Crippen LogP contribution in [0, 0.1) is 10.1 Å². The van der Waals surface area contributed by atoms with Crippen LogP contribution in [-0.4, -0.2) is 48.8 Å². The SMILES string of the molecule is CCCC(N)C(=O)Oc1ccc(/C=C/C(O)OCCCCO[N+](=O)[O-])cc1OC. The summed E-state index contributed by atoms with van der Waals surface area (Å²) in [7, 11) is 1.45. The Bertz CT molecular complexity index is 680. The molecule has 0 aromatic heterocycles. The molecular formula is C19H28N2O8. The van der Waals surface area contributed by atoms with Crippen molar-refractivity contribution in [2.24, 2.45) is 5.73 Å². The highest BCUT2D eigenvalue weighted by Crippen LogP contribution is 2.29. The number of hydrogen-bond acceptors (Lipinski definition) is 9. The second-order valence-corrected chi connectivity index (χ2v) is 6.11. The van der Waals surface area contributed by atoms with Crippen molar-refractivity contribution in [3.8, 4) is 11.5 Å². The van der Waals surface area contributed by atoms with E-state index in [-0.39, 0.29) is 19.0 Å². The molecule has 3 N–H and O–H groups in total. The van der Waals surface area contributed by atoms with Gasteiger partial charge in [-0.25, -0.2) is 4.79 Å². The Balaban J connectivity index is 2.53. The fourth-order valence-electron chi connectivity index (χ4n) is 2.28. The first-order chi connectivity index (χ1) is 13.9. The lowest BCUT2D eigenvalue weighted by Gasteiger charge is -2.13. The Morgan fingerprint density at radius 1 is 1.31 bits per heavy atom. The van der Waals surface area contributed by atoms with Gasteiger partial charge in [0.2, 0.25) is 0 Å². The third-order valence-electron chi connectivity index (χ3n) is 3.78. The highest BCUT2D eigenvalue weighted by molar-refractivity contribution is 5.78. The predicted octanol–water partition coefficient (Wildman–Crippen LogP) is 2.06. The minimum Gasteiger partial charge on any atom is -0.493 e. The third-order valence-corrected chi connectivity index (χ3v) is 3.78. The minimum absolute atomic E-state index is 0.0115. The second kappa shape index (κ2) is 13.5. The second-order valence-electron chi connectivity index (χ2n) is 6.11. The molecule has 0 saturated heterocycles. The quantitative estimate of drug-likeness (QED) is 0.117. The summed E-state index contributed by atoms with van der Waals surface area (Å²) in [5.41, 5.74) is 6.45. The highest BCUT2D eigenvalue weighted by Gasteiger charge is 2.17. The van der Waals surface area contributed by atoms with Crippen molar-refractivity contribution < 1.29 is 34.0 Å². The molecule has 0 aliphatic heterocycles. The Kier molecular flexibility index (Phi) is 11.3.